The zero-order valence-corrected chi connectivity index (χ0v) is 12.4. The number of anilines is 1. The van der Waals surface area contributed by atoms with E-state index >= 15 is 0 Å². The van der Waals surface area contributed by atoms with Gasteiger partial charge in [-0.25, -0.2) is 4.98 Å². The molecule has 112 valence electrons. The number of para-hydroxylation sites is 1. The number of nitrogens with one attached hydrogen (secondary N) is 2. The Morgan fingerprint density at radius 3 is 2.78 bits per heavy atom. The number of benzene rings is 2. The first-order valence-electron chi connectivity index (χ1n) is 7.42. The third-order valence-electron chi connectivity index (χ3n) is 3.75. The summed E-state index contributed by atoms with van der Waals surface area (Å²) in [6, 6.07) is 18.4. The van der Waals surface area contributed by atoms with Crippen LogP contribution in [0.25, 0.3) is 22.3 Å². The van der Waals surface area contributed by atoms with Crippen molar-refractivity contribution in [3.05, 3.63) is 72.7 Å². The first-order valence-corrected chi connectivity index (χ1v) is 7.42. The molecule has 0 unspecified atom stereocenters. The lowest BCUT2D eigenvalue weighted by Crippen LogP contribution is -2.01. The summed E-state index contributed by atoms with van der Waals surface area (Å²) in [5.74, 6) is 0.764. The molecule has 4 aromatic rings. The Kier molecular flexibility index (Phi) is 3.44. The average Bonchev–Trinajstić information content (AvgIpc) is 3.15. The molecule has 0 spiro atoms. The molecule has 5 nitrogen and oxygen atoms in total. The summed E-state index contributed by atoms with van der Waals surface area (Å²) in [6.45, 7) is 0.716. The molecule has 0 aliphatic heterocycles. The van der Waals surface area contributed by atoms with Crippen LogP contribution >= 0.6 is 0 Å². The molecular formula is C18H15N5. The van der Waals surface area contributed by atoms with E-state index in [9.17, 15) is 0 Å². The van der Waals surface area contributed by atoms with Crippen LogP contribution in [0.4, 0.5) is 5.69 Å². The quantitative estimate of drug-likeness (QED) is 0.604. The fraction of sp³-hybridized carbons (Fsp3) is 0.0556. The maximum atomic E-state index is 4.49. The molecule has 0 aliphatic rings. The minimum absolute atomic E-state index is 0.716. The predicted octanol–water partition coefficient (Wildman–Crippen LogP) is 3.63. The average molecular weight is 301 g/mol. The summed E-state index contributed by atoms with van der Waals surface area (Å²) in [6.07, 6.45) is 3.34. The highest BCUT2D eigenvalue weighted by atomic mass is 15.2. The molecule has 0 amide bonds. The van der Waals surface area contributed by atoms with Gasteiger partial charge in [0, 0.05) is 29.4 Å². The first kappa shape index (κ1) is 13.5. The van der Waals surface area contributed by atoms with Gasteiger partial charge in [0.15, 0.2) is 5.82 Å². The highest BCUT2D eigenvalue weighted by molar-refractivity contribution is 5.81. The molecule has 2 N–H and O–H groups in total. The predicted molar refractivity (Wildman–Crippen MR) is 90.9 cm³/mol. The molecule has 0 saturated heterocycles. The summed E-state index contributed by atoms with van der Waals surface area (Å²) in [7, 11) is 0. The standard InChI is InChI=1S/C18H15N5/c1-4-13-7-3-9-19-17(13)15(6-1)11-20-16-8-2-5-14(10-16)18-21-12-22-23-18/h1-10,12,20H,11H2,(H,21,22,23). The van der Waals surface area contributed by atoms with E-state index in [1.807, 2.05) is 30.5 Å². The van der Waals surface area contributed by atoms with E-state index in [4.69, 9.17) is 0 Å². The molecule has 0 saturated carbocycles. The number of fused-ring (bicyclic) bond motifs is 1. The molecule has 0 bridgehead atoms. The van der Waals surface area contributed by atoms with Gasteiger partial charge in [0.2, 0.25) is 0 Å². The smallest absolute Gasteiger partial charge is 0.155 e. The first-order chi connectivity index (χ1) is 11.4. The van der Waals surface area contributed by atoms with Crippen LogP contribution in [-0.2, 0) is 6.54 Å². The lowest BCUT2D eigenvalue weighted by atomic mass is 10.1. The molecule has 5 heteroatoms. The van der Waals surface area contributed by atoms with E-state index < -0.39 is 0 Å². The second kappa shape index (κ2) is 5.88. The Labute approximate surface area is 133 Å². The van der Waals surface area contributed by atoms with E-state index in [-0.39, 0.29) is 0 Å². The van der Waals surface area contributed by atoms with Gasteiger partial charge in [-0.2, -0.15) is 5.10 Å². The largest absolute Gasteiger partial charge is 0.381 e. The lowest BCUT2D eigenvalue weighted by Gasteiger charge is -2.09. The van der Waals surface area contributed by atoms with Gasteiger partial charge in [0.25, 0.3) is 0 Å². The summed E-state index contributed by atoms with van der Waals surface area (Å²) in [5.41, 5.74) is 4.25. The van der Waals surface area contributed by atoms with Crippen molar-refractivity contribution in [1.82, 2.24) is 20.2 Å². The normalized spacial score (nSPS) is 10.8. The zero-order chi connectivity index (χ0) is 15.5. The van der Waals surface area contributed by atoms with Crippen molar-refractivity contribution in [1.29, 1.82) is 0 Å². The fourth-order valence-corrected chi connectivity index (χ4v) is 2.63. The molecular weight excluding hydrogens is 286 g/mol. The van der Waals surface area contributed by atoms with E-state index in [0.717, 1.165) is 28.0 Å². The molecule has 2 aromatic carbocycles. The highest BCUT2D eigenvalue weighted by Crippen LogP contribution is 2.21. The number of aromatic amines is 1. The zero-order valence-electron chi connectivity index (χ0n) is 12.4. The molecule has 2 heterocycles. The summed E-state index contributed by atoms with van der Waals surface area (Å²) < 4.78 is 0. The van der Waals surface area contributed by atoms with Gasteiger partial charge in [-0.1, -0.05) is 36.4 Å². The fourth-order valence-electron chi connectivity index (χ4n) is 2.63. The molecule has 23 heavy (non-hydrogen) atoms. The monoisotopic (exact) mass is 301 g/mol. The summed E-state index contributed by atoms with van der Waals surface area (Å²) in [4.78, 5) is 8.67. The maximum absolute atomic E-state index is 4.49. The van der Waals surface area contributed by atoms with Crippen LogP contribution < -0.4 is 5.32 Å². The second-order valence-corrected chi connectivity index (χ2v) is 5.26. The van der Waals surface area contributed by atoms with Crippen molar-refractivity contribution < 1.29 is 0 Å². The maximum Gasteiger partial charge on any atom is 0.155 e. The molecule has 0 radical (unpaired) electrons. The Morgan fingerprint density at radius 2 is 1.87 bits per heavy atom. The van der Waals surface area contributed by atoms with Crippen LogP contribution in [0.1, 0.15) is 5.56 Å². The lowest BCUT2D eigenvalue weighted by molar-refractivity contribution is 1.09. The van der Waals surface area contributed by atoms with Crippen molar-refractivity contribution in [2.45, 2.75) is 6.54 Å². The summed E-state index contributed by atoms with van der Waals surface area (Å²) >= 11 is 0. The van der Waals surface area contributed by atoms with Crippen molar-refractivity contribution in [3.8, 4) is 11.4 Å². The van der Waals surface area contributed by atoms with Gasteiger partial charge in [-0.15, -0.1) is 0 Å². The van der Waals surface area contributed by atoms with Crippen LogP contribution in [0.3, 0.4) is 0 Å². The van der Waals surface area contributed by atoms with Gasteiger partial charge in [0.05, 0.1) is 5.52 Å². The number of H-pyrrole nitrogens is 1. The second-order valence-electron chi connectivity index (χ2n) is 5.26. The van der Waals surface area contributed by atoms with E-state index in [1.165, 1.54) is 11.9 Å². The van der Waals surface area contributed by atoms with Gasteiger partial charge in [-0.05, 0) is 23.8 Å². The van der Waals surface area contributed by atoms with E-state index in [1.54, 1.807) is 0 Å². The Bertz CT molecular complexity index is 926. The minimum Gasteiger partial charge on any atom is -0.381 e. The Morgan fingerprint density at radius 1 is 0.957 bits per heavy atom. The Balaban J connectivity index is 1.58. The van der Waals surface area contributed by atoms with Gasteiger partial charge in [0.1, 0.15) is 6.33 Å². The van der Waals surface area contributed by atoms with Gasteiger partial charge >= 0.3 is 0 Å². The van der Waals surface area contributed by atoms with Gasteiger partial charge < -0.3 is 5.32 Å². The molecule has 2 aromatic heterocycles. The SMILES string of the molecule is c1cc(NCc2cccc3cccnc23)cc(-c2ncn[nH]2)c1. The third-order valence-corrected chi connectivity index (χ3v) is 3.75. The third kappa shape index (κ3) is 2.76. The van der Waals surface area contributed by atoms with Crippen LogP contribution in [-0.4, -0.2) is 20.2 Å². The van der Waals surface area contributed by atoms with Crippen molar-refractivity contribution >= 4 is 16.6 Å². The molecule has 0 aliphatic carbocycles. The van der Waals surface area contributed by atoms with Crippen LogP contribution in [0.5, 0.6) is 0 Å². The number of rotatable bonds is 4. The van der Waals surface area contributed by atoms with Crippen LogP contribution in [0.15, 0.2) is 67.1 Å². The number of hydrogen-bond donors (Lipinski definition) is 2. The number of pyridine rings is 1. The number of nitrogens with zero attached hydrogens (tertiary/aromatic N) is 3. The molecule has 0 atom stereocenters. The van der Waals surface area contributed by atoms with Crippen molar-refractivity contribution in [2.75, 3.05) is 5.32 Å². The Hall–Kier alpha value is -3.21. The molecule has 4 rings (SSSR count). The highest BCUT2D eigenvalue weighted by Gasteiger charge is 2.04. The van der Waals surface area contributed by atoms with E-state index in [0.29, 0.717) is 6.54 Å². The van der Waals surface area contributed by atoms with Crippen molar-refractivity contribution in [3.63, 3.8) is 0 Å². The topological polar surface area (TPSA) is 66.5 Å². The number of hydrogen-bond acceptors (Lipinski definition) is 4. The summed E-state index contributed by atoms with van der Waals surface area (Å²) in [5, 5.41) is 11.4. The van der Waals surface area contributed by atoms with Crippen molar-refractivity contribution in [2.24, 2.45) is 0 Å². The van der Waals surface area contributed by atoms with Gasteiger partial charge in [-0.3, -0.25) is 10.1 Å². The molecule has 0 fully saturated rings. The van der Waals surface area contributed by atoms with Crippen LogP contribution in [0.2, 0.25) is 0 Å². The van der Waals surface area contributed by atoms with Crippen LogP contribution in [0, 0.1) is 0 Å². The van der Waals surface area contributed by atoms with E-state index in [2.05, 4.69) is 55.8 Å². The number of aromatic nitrogens is 4. The minimum atomic E-state index is 0.716.